The number of aliphatic hydroxyl groups excluding tert-OH is 1. The number of nitrogens with one attached hydrogen (secondary N) is 1. The van der Waals surface area contributed by atoms with Crippen LogP contribution in [0.15, 0.2) is 48.8 Å². The molecule has 0 spiro atoms. The second kappa shape index (κ2) is 7.16. The summed E-state index contributed by atoms with van der Waals surface area (Å²) in [6, 6.07) is 10.1. The molecule has 0 bridgehead atoms. The molecule has 2 N–H and O–H groups in total. The number of fused-ring (bicyclic) bond motifs is 1. The Bertz CT molecular complexity index is 875. The highest BCUT2D eigenvalue weighted by atomic mass is 35.5. The number of hydrogen-bond acceptors (Lipinski definition) is 5. The number of aliphatic hydroxyl groups is 1. The SMILES string of the molecule is OCC(F)(F)COc1ccc2c(Nc3ccc(Cl)nc3)nccc2c1. The number of halogens is 3. The van der Waals surface area contributed by atoms with Gasteiger partial charge in [0.2, 0.25) is 0 Å². The van der Waals surface area contributed by atoms with E-state index in [9.17, 15) is 8.78 Å². The molecule has 0 saturated carbocycles. The lowest BCUT2D eigenvalue weighted by Crippen LogP contribution is -2.29. The normalized spacial score (nSPS) is 11.5. The molecule has 130 valence electrons. The Kier molecular flexibility index (Phi) is 4.96. The van der Waals surface area contributed by atoms with E-state index in [2.05, 4.69) is 15.3 Å². The van der Waals surface area contributed by atoms with Crippen LogP contribution in [0.1, 0.15) is 0 Å². The van der Waals surface area contributed by atoms with E-state index >= 15 is 0 Å². The Labute approximate surface area is 147 Å². The van der Waals surface area contributed by atoms with Gasteiger partial charge in [-0.3, -0.25) is 0 Å². The number of benzene rings is 1. The highest BCUT2D eigenvalue weighted by Gasteiger charge is 2.28. The Morgan fingerprint density at radius 3 is 2.72 bits per heavy atom. The lowest BCUT2D eigenvalue weighted by atomic mass is 10.1. The summed E-state index contributed by atoms with van der Waals surface area (Å²) in [5, 5.41) is 13.7. The summed E-state index contributed by atoms with van der Waals surface area (Å²) in [7, 11) is 0. The van der Waals surface area contributed by atoms with Crippen LogP contribution in [-0.4, -0.2) is 34.2 Å². The zero-order chi connectivity index (χ0) is 17.9. The van der Waals surface area contributed by atoms with Crippen molar-refractivity contribution in [2.45, 2.75) is 5.92 Å². The summed E-state index contributed by atoms with van der Waals surface area (Å²) >= 11 is 5.76. The fraction of sp³-hybridized carbons (Fsp3) is 0.176. The largest absolute Gasteiger partial charge is 0.487 e. The molecule has 0 amide bonds. The molecule has 3 rings (SSSR count). The molecule has 0 unspecified atom stereocenters. The van der Waals surface area contributed by atoms with E-state index in [0.29, 0.717) is 16.7 Å². The molecule has 0 aliphatic rings. The van der Waals surface area contributed by atoms with Crippen molar-refractivity contribution in [2.24, 2.45) is 0 Å². The highest BCUT2D eigenvalue weighted by Crippen LogP contribution is 2.28. The molecule has 0 aliphatic carbocycles. The van der Waals surface area contributed by atoms with Gasteiger partial charge in [-0.2, -0.15) is 0 Å². The average Bonchev–Trinajstić information content (AvgIpc) is 2.62. The van der Waals surface area contributed by atoms with Gasteiger partial charge in [-0.05, 0) is 41.8 Å². The topological polar surface area (TPSA) is 67.3 Å². The Hall–Kier alpha value is -2.51. The van der Waals surface area contributed by atoms with Gasteiger partial charge >= 0.3 is 5.92 Å². The van der Waals surface area contributed by atoms with Crippen LogP contribution in [0.4, 0.5) is 20.3 Å². The molecule has 0 saturated heterocycles. The third-order valence-corrected chi connectivity index (χ3v) is 3.63. The standard InChI is InChI=1S/C17H14ClF2N3O2/c18-15-4-1-12(8-22-15)23-16-14-3-2-13(7-11(14)5-6-21-16)25-10-17(19,20)9-24/h1-8,24H,9-10H2,(H,21,23). The van der Waals surface area contributed by atoms with Gasteiger partial charge in [0.15, 0.2) is 6.61 Å². The lowest BCUT2D eigenvalue weighted by Gasteiger charge is -2.15. The summed E-state index contributed by atoms with van der Waals surface area (Å²) in [5.41, 5.74) is 0.715. The number of nitrogens with zero attached hydrogens (tertiary/aromatic N) is 2. The number of aromatic nitrogens is 2. The van der Waals surface area contributed by atoms with Gasteiger partial charge in [0.25, 0.3) is 0 Å². The molecule has 1 aromatic carbocycles. The minimum absolute atomic E-state index is 0.283. The van der Waals surface area contributed by atoms with Gasteiger partial charge in [0, 0.05) is 11.6 Å². The van der Waals surface area contributed by atoms with E-state index in [1.54, 1.807) is 48.8 Å². The van der Waals surface area contributed by atoms with Crippen LogP contribution >= 0.6 is 11.6 Å². The first-order valence-electron chi connectivity index (χ1n) is 7.36. The molecule has 0 radical (unpaired) electrons. The van der Waals surface area contributed by atoms with Crippen LogP contribution < -0.4 is 10.1 Å². The first-order chi connectivity index (χ1) is 12.0. The molecule has 2 aromatic heterocycles. The first kappa shape index (κ1) is 17.3. The quantitative estimate of drug-likeness (QED) is 0.645. The Balaban J connectivity index is 1.83. The monoisotopic (exact) mass is 365 g/mol. The van der Waals surface area contributed by atoms with Crippen molar-refractivity contribution in [1.82, 2.24) is 9.97 Å². The highest BCUT2D eigenvalue weighted by molar-refractivity contribution is 6.29. The van der Waals surface area contributed by atoms with Crippen molar-refractivity contribution in [3.63, 3.8) is 0 Å². The van der Waals surface area contributed by atoms with Gasteiger partial charge in [0.1, 0.15) is 23.3 Å². The van der Waals surface area contributed by atoms with Crippen molar-refractivity contribution in [3.8, 4) is 5.75 Å². The van der Waals surface area contributed by atoms with Crippen LogP contribution in [0.3, 0.4) is 0 Å². The van der Waals surface area contributed by atoms with Gasteiger partial charge in [-0.25, -0.2) is 18.7 Å². The predicted molar refractivity (Wildman–Crippen MR) is 91.8 cm³/mol. The van der Waals surface area contributed by atoms with Crippen LogP contribution in [0, 0.1) is 0 Å². The third kappa shape index (κ3) is 4.32. The number of rotatable bonds is 6. The zero-order valence-electron chi connectivity index (χ0n) is 12.9. The zero-order valence-corrected chi connectivity index (χ0v) is 13.7. The van der Waals surface area contributed by atoms with E-state index in [0.717, 1.165) is 10.8 Å². The molecular weight excluding hydrogens is 352 g/mol. The summed E-state index contributed by atoms with van der Waals surface area (Å²) in [6.07, 6.45) is 3.18. The van der Waals surface area contributed by atoms with Crippen molar-refractivity contribution in [1.29, 1.82) is 0 Å². The number of ether oxygens (including phenoxy) is 1. The molecule has 0 atom stereocenters. The fourth-order valence-corrected chi connectivity index (χ4v) is 2.28. The van der Waals surface area contributed by atoms with Crippen molar-refractivity contribution < 1.29 is 18.6 Å². The van der Waals surface area contributed by atoms with Crippen LogP contribution in [0.2, 0.25) is 5.15 Å². The summed E-state index contributed by atoms with van der Waals surface area (Å²) in [6.45, 7) is -2.14. The molecule has 25 heavy (non-hydrogen) atoms. The van der Waals surface area contributed by atoms with Gasteiger partial charge in [0.05, 0.1) is 11.9 Å². The minimum Gasteiger partial charge on any atom is -0.487 e. The van der Waals surface area contributed by atoms with Crippen molar-refractivity contribution >= 4 is 33.9 Å². The lowest BCUT2D eigenvalue weighted by molar-refractivity contribution is -0.0800. The molecule has 8 heteroatoms. The maximum absolute atomic E-state index is 13.1. The van der Waals surface area contributed by atoms with E-state index in [1.165, 1.54) is 0 Å². The van der Waals surface area contributed by atoms with Crippen LogP contribution in [0.5, 0.6) is 5.75 Å². The molecule has 0 aliphatic heterocycles. The Morgan fingerprint density at radius 1 is 1.16 bits per heavy atom. The maximum atomic E-state index is 13.1. The fourth-order valence-electron chi connectivity index (χ4n) is 2.17. The molecule has 5 nitrogen and oxygen atoms in total. The van der Waals surface area contributed by atoms with Gasteiger partial charge in [-0.15, -0.1) is 0 Å². The van der Waals surface area contributed by atoms with Gasteiger partial charge < -0.3 is 15.2 Å². The Morgan fingerprint density at radius 2 is 2.00 bits per heavy atom. The van der Waals surface area contributed by atoms with Crippen LogP contribution in [0.25, 0.3) is 10.8 Å². The van der Waals surface area contributed by atoms with Crippen LogP contribution in [-0.2, 0) is 0 Å². The average molecular weight is 366 g/mol. The van der Waals surface area contributed by atoms with Crippen molar-refractivity contribution in [3.05, 3.63) is 53.9 Å². The van der Waals surface area contributed by atoms with Gasteiger partial charge in [-0.1, -0.05) is 11.6 Å². The number of anilines is 2. The molecule has 3 aromatic rings. The second-order valence-electron chi connectivity index (χ2n) is 5.34. The summed E-state index contributed by atoms with van der Waals surface area (Å²) < 4.78 is 31.2. The molecule has 2 heterocycles. The van der Waals surface area contributed by atoms with E-state index < -0.39 is 19.1 Å². The minimum atomic E-state index is -3.28. The number of pyridine rings is 2. The maximum Gasteiger partial charge on any atom is 0.303 e. The number of hydrogen-bond donors (Lipinski definition) is 2. The molecular formula is C17H14ClF2N3O2. The second-order valence-corrected chi connectivity index (χ2v) is 5.73. The number of alkyl halides is 2. The third-order valence-electron chi connectivity index (χ3n) is 3.41. The van der Waals surface area contributed by atoms with Crippen molar-refractivity contribution in [2.75, 3.05) is 18.5 Å². The first-order valence-corrected chi connectivity index (χ1v) is 7.73. The van der Waals surface area contributed by atoms with E-state index in [4.69, 9.17) is 21.4 Å². The van der Waals surface area contributed by atoms with E-state index in [1.807, 2.05) is 0 Å². The molecule has 0 fully saturated rings. The summed E-state index contributed by atoms with van der Waals surface area (Å²) in [5.74, 6) is -2.40. The summed E-state index contributed by atoms with van der Waals surface area (Å²) in [4.78, 5) is 8.28. The smallest absolute Gasteiger partial charge is 0.303 e. The predicted octanol–water partition coefficient (Wildman–Crippen LogP) is 4.03. The van der Waals surface area contributed by atoms with E-state index in [-0.39, 0.29) is 5.75 Å².